The third-order valence-electron chi connectivity index (χ3n) is 5.18. The number of nitrogens with one attached hydrogen (secondary N) is 1. The Morgan fingerprint density at radius 1 is 1.26 bits per heavy atom. The zero-order chi connectivity index (χ0) is 19.4. The van der Waals surface area contributed by atoms with Gasteiger partial charge >= 0.3 is 0 Å². The van der Waals surface area contributed by atoms with E-state index in [9.17, 15) is 9.59 Å². The molecule has 7 heteroatoms. The number of carbonyl (C=O) groups excluding carboxylic acids is 2. The Labute approximate surface area is 160 Å². The smallest absolute Gasteiger partial charge is 0.234 e. The van der Waals surface area contributed by atoms with Crippen LogP contribution in [0.3, 0.4) is 0 Å². The number of benzene rings is 1. The molecule has 0 aliphatic carbocycles. The predicted molar refractivity (Wildman–Crippen MR) is 102 cm³/mol. The second kappa shape index (κ2) is 8.61. The minimum Gasteiger partial charge on any atom is -0.486 e. The Kier molecular flexibility index (Phi) is 6.21. The molecule has 3 N–H and O–H groups in total. The van der Waals surface area contributed by atoms with Crippen LogP contribution in [0.25, 0.3) is 0 Å². The normalized spacial score (nSPS) is 20.9. The van der Waals surface area contributed by atoms with Gasteiger partial charge in [0, 0.05) is 6.54 Å². The van der Waals surface area contributed by atoms with Gasteiger partial charge in [-0.05, 0) is 43.0 Å². The molecule has 0 aromatic heterocycles. The number of ether oxygens (including phenoxy) is 2. The molecule has 0 radical (unpaired) electrons. The van der Waals surface area contributed by atoms with Crippen LogP contribution in [0.1, 0.15) is 38.3 Å². The quantitative estimate of drug-likeness (QED) is 0.785. The molecule has 2 aliphatic rings. The fourth-order valence-corrected chi connectivity index (χ4v) is 3.74. The largest absolute Gasteiger partial charge is 0.486 e. The number of nitrogens with two attached hydrogens (primary N) is 1. The van der Waals surface area contributed by atoms with Crippen LogP contribution in [0.5, 0.6) is 11.5 Å². The number of primary amides is 1. The number of piperidine rings is 1. The molecule has 2 atom stereocenters. The highest BCUT2D eigenvalue weighted by Crippen LogP contribution is 2.34. The lowest BCUT2D eigenvalue weighted by Gasteiger charge is -2.31. The van der Waals surface area contributed by atoms with E-state index in [-0.39, 0.29) is 36.2 Å². The minimum absolute atomic E-state index is 0.0475. The van der Waals surface area contributed by atoms with Crippen LogP contribution >= 0.6 is 0 Å². The van der Waals surface area contributed by atoms with E-state index in [1.807, 2.05) is 23.1 Å². The summed E-state index contributed by atoms with van der Waals surface area (Å²) in [6.45, 7) is 6.88. The van der Waals surface area contributed by atoms with Crippen molar-refractivity contribution in [2.75, 3.05) is 32.8 Å². The molecule has 0 bridgehead atoms. The minimum atomic E-state index is -0.281. The zero-order valence-corrected chi connectivity index (χ0v) is 16.1. The molecule has 27 heavy (non-hydrogen) atoms. The first-order valence-corrected chi connectivity index (χ1v) is 9.64. The first kappa shape index (κ1) is 19.5. The van der Waals surface area contributed by atoms with Gasteiger partial charge in [0.25, 0.3) is 0 Å². The summed E-state index contributed by atoms with van der Waals surface area (Å²) in [7, 11) is 0. The SMILES string of the molecule is CC(C)[C@@H](NC(=O)CN1CCC[C@H](C(N)=O)C1)c1ccc2c(c1)OCCO2. The Morgan fingerprint density at radius 3 is 2.70 bits per heavy atom. The van der Waals surface area contributed by atoms with Crippen LogP contribution < -0.4 is 20.5 Å². The summed E-state index contributed by atoms with van der Waals surface area (Å²) in [5, 5.41) is 3.14. The van der Waals surface area contributed by atoms with E-state index in [0.29, 0.717) is 19.8 Å². The molecule has 0 saturated carbocycles. The Morgan fingerprint density at radius 2 is 2.00 bits per heavy atom. The van der Waals surface area contributed by atoms with Crippen LogP contribution in [-0.4, -0.2) is 49.6 Å². The highest BCUT2D eigenvalue weighted by Gasteiger charge is 2.27. The summed E-state index contributed by atoms with van der Waals surface area (Å²) in [5.74, 6) is 1.19. The Balaban J connectivity index is 1.64. The van der Waals surface area contributed by atoms with E-state index < -0.39 is 0 Å². The van der Waals surface area contributed by atoms with Gasteiger partial charge in [-0.1, -0.05) is 19.9 Å². The number of amides is 2. The van der Waals surface area contributed by atoms with Crippen LogP contribution in [-0.2, 0) is 9.59 Å². The molecule has 148 valence electrons. The van der Waals surface area contributed by atoms with Crippen molar-refractivity contribution in [2.45, 2.75) is 32.7 Å². The second-order valence-electron chi connectivity index (χ2n) is 7.67. The van der Waals surface area contributed by atoms with Gasteiger partial charge in [-0.3, -0.25) is 14.5 Å². The third kappa shape index (κ3) is 4.91. The number of carbonyl (C=O) groups is 2. The molecule has 1 saturated heterocycles. The van der Waals surface area contributed by atoms with E-state index in [0.717, 1.165) is 36.4 Å². The van der Waals surface area contributed by atoms with Crippen LogP contribution in [0, 0.1) is 11.8 Å². The van der Waals surface area contributed by atoms with E-state index >= 15 is 0 Å². The monoisotopic (exact) mass is 375 g/mol. The maximum atomic E-state index is 12.6. The van der Waals surface area contributed by atoms with Crippen molar-refractivity contribution in [2.24, 2.45) is 17.6 Å². The third-order valence-corrected chi connectivity index (χ3v) is 5.18. The molecular formula is C20H29N3O4. The topological polar surface area (TPSA) is 93.9 Å². The van der Waals surface area contributed by atoms with Gasteiger partial charge in [0.15, 0.2) is 11.5 Å². The van der Waals surface area contributed by atoms with Crippen LogP contribution in [0.15, 0.2) is 18.2 Å². The number of rotatable bonds is 6. The summed E-state index contributed by atoms with van der Waals surface area (Å²) >= 11 is 0. The fraction of sp³-hybridized carbons (Fsp3) is 0.600. The predicted octanol–water partition coefficient (Wildman–Crippen LogP) is 1.47. The Bertz CT molecular complexity index is 692. The molecule has 0 spiro atoms. The summed E-state index contributed by atoms with van der Waals surface area (Å²) in [6.07, 6.45) is 1.69. The lowest BCUT2D eigenvalue weighted by Crippen LogP contribution is -2.46. The summed E-state index contributed by atoms with van der Waals surface area (Å²) in [5.41, 5.74) is 6.42. The van der Waals surface area contributed by atoms with Crippen molar-refractivity contribution in [3.63, 3.8) is 0 Å². The van der Waals surface area contributed by atoms with Crippen molar-refractivity contribution >= 4 is 11.8 Å². The molecule has 1 aromatic carbocycles. The maximum Gasteiger partial charge on any atom is 0.234 e. The summed E-state index contributed by atoms with van der Waals surface area (Å²) in [6, 6.07) is 5.70. The lowest BCUT2D eigenvalue weighted by atomic mass is 9.95. The van der Waals surface area contributed by atoms with Crippen molar-refractivity contribution < 1.29 is 19.1 Å². The standard InChI is InChI=1S/C20H29N3O4/c1-13(2)19(14-5-6-16-17(10-14)27-9-8-26-16)22-18(24)12-23-7-3-4-15(11-23)20(21)25/h5-6,10,13,15,19H,3-4,7-9,11-12H2,1-2H3,(H2,21,25)(H,22,24)/t15-,19+/m0/s1. The van der Waals surface area contributed by atoms with E-state index in [4.69, 9.17) is 15.2 Å². The molecule has 3 rings (SSSR count). The van der Waals surface area contributed by atoms with Crippen molar-refractivity contribution in [3.05, 3.63) is 23.8 Å². The number of hydrogen-bond donors (Lipinski definition) is 2. The van der Waals surface area contributed by atoms with E-state index in [2.05, 4.69) is 19.2 Å². The van der Waals surface area contributed by atoms with Crippen LogP contribution in [0.4, 0.5) is 0 Å². The maximum absolute atomic E-state index is 12.6. The van der Waals surface area contributed by atoms with Gasteiger partial charge in [0.2, 0.25) is 11.8 Å². The van der Waals surface area contributed by atoms with Crippen molar-refractivity contribution in [1.82, 2.24) is 10.2 Å². The first-order valence-electron chi connectivity index (χ1n) is 9.64. The first-order chi connectivity index (χ1) is 12.9. The second-order valence-corrected chi connectivity index (χ2v) is 7.67. The van der Waals surface area contributed by atoms with E-state index in [1.54, 1.807) is 0 Å². The average molecular weight is 375 g/mol. The van der Waals surface area contributed by atoms with Gasteiger partial charge in [0.05, 0.1) is 18.5 Å². The molecule has 0 unspecified atom stereocenters. The summed E-state index contributed by atoms with van der Waals surface area (Å²) in [4.78, 5) is 26.1. The number of fused-ring (bicyclic) bond motifs is 1. The molecule has 2 amide bonds. The van der Waals surface area contributed by atoms with E-state index in [1.165, 1.54) is 0 Å². The van der Waals surface area contributed by atoms with Crippen molar-refractivity contribution in [3.8, 4) is 11.5 Å². The fourth-order valence-electron chi connectivity index (χ4n) is 3.74. The number of likely N-dealkylation sites (tertiary alicyclic amines) is 1. The molecule has 2 heterocycles. The highest BCUT2D eigenvalue weighted by atomic mass is 16.6. The molecule has 1 aromatic rings. The lowest BCUT2D eigenvalue weighted by molar-refractivity contribution is -0.127. The van der Waals surface area contributed by atoms with Crippen LogP contribution in [0.2, 0.25) is 0 Å². The average Bonchev–Trinajstić information content (AvgIpc) is 2.65. The molecule has 2 aliphatic heterocycles. The Hall–Kier alpha value is -2.28. The van der Waals surface area contributed by atoms with Crippen molar-refractivity contribution in [1.29, 1.82) is 0 Å². The summed E-state index contributed by atoms with van der Waals surface area (Å²) < 4.78 is 11.2. The van der Waals surface area contributed by atoms with Gasteiger partial charge in [0.1, 0.15) is 13.2 Å². The zero-order valence-electron chi connectivity index (χ0n) is 16.1. The van der Waals surface area contributed by atoms with Gasteiger partial charge in [-0.25, -0.2) is 0 Å². The molecular weight excluding hydrogens is 346 g/mol. The van der Waals surface area contributed by atoms with Gasteiger partial charge in [-0.15, -0.1) is 0 Å². The molecule has 7 nitrogen and oxygen atoms in total. The highest BCUT2D eigenvalue weighted by molar-refractivity contribution is 5.79. The molecule has 1 fully saturated rings. The number of hydrogen-bond acceptors (Lipinski definition) is 5. The van der Waals surface area contributed by atoms with Gasteiger partial charge < -0.3 is 20.5 Å². The number of nitrogens with zero attached hydrogens (tertiary/aromatic N) is 1. The van der Waals surface area contributed by atoms with Gasteiger partial charge in [-0.2, -0.15) is 0 Å².